The first-order valence-electron chi connectivity index (χ1n) is 11.1. The Morgan fingerprint density at radius 1 is 1.12 bits per heavy atom. The van der Waals surface area contributed by atoms with Crippen LogP contribution in [0.2, 0.25) is 0 Å². The fraction of sp³-hybridized carbons (Fsp3) is 0.440. The van der Waals surface area contributed by atoms with Crippen molar-refractivity contribution in [2.45, 2.75) is 58.4 Å². The molecule has 3 N–H and O–H groups in total. The van der Waals surface area contributed by atoms with Gasteiger partial charge in [0.25, 0.3) is 5.91 Å². The van der Waals surface area contributed by atoms with Crippen molar-refractivity contribution in [3.63, 3.8) is 0 Å². The molecule has 0 spiro atoms. The number of halogens is 1. The van der Waals surface area contributed by atoms with Gasteiger partial charge in [-0.2, -0.15) is 0 Å². The van der Waals surface area contributed by atoms with Gasteiger partial charge in [-0.05, 0) is 57.4 Å². The molecular weight excluding hydrogens is 531 g/mol. The van der Waals surface area contributed by atoms with Crippen LogP contribution in [0.1, 0.15) is 44.7 Å². The molecule has 1 aliphatic heterocycles. The van der Waals surface area contributed by atoms with Crippen LogP contribution in [0.3, 0.4) is 0 Å². The minimum atomic E-state index is -0.343. The fourth-order valence-electron chi connectivity index (χ4n) is 3.43. The lowest BCUT2D eigenvalue weighted by atomic mass is 10.1. The molecule has 0 saturated carbocycles. The summed E-state index contributed by atoms with van der Waals surface area (Å²) in [6.07, 6.45) is 1.37. The molecule has 0 bridgehead atoms. The summed E-state index contributed by atoms with van der Waals surface area (Å²) >= 11 is 0. The lowest BCUT2D eigenvalue weighted by Crippen LogP contribution is -2.36. The van der Waals surface area contributed by atoms with Crippen LogP contribution in [0.4, 0.5) is 5.69 Å². The van der Waals surface area contributed by atoms with E-state index in [0.29, 0.717) is 25.7 Å². The highest BCUT2D eigenvalue weighted by Crippen LogP contribution is 2.23. The second kappa shape index (κ2) is 12.8. The highest BCUT2D eigenvalue weighted by molar-refractivity contribution is 14.0. The first-order valence-corrected chi connectivity index (χ1v) is 11.1. The predicted octanol–water partition coefficient (Wildman–Crippen LogP) is 4.46. The Hall–Kier alpha value is -2.33. The van der Waals surface area contributed by atoms with Gasteiger partial charge in [0.1, 0.15) is 17.5 Å². The molecule has 1 unspecified atom stereocenters. The zero-order chi connectivity index (χ0) is 23.0. The number of ether oxygens (including phenoxy) is 2. The largest absolute Gasteiger partial charge is 0.488 e. The third-order valence-electron chi connectivity index (χ3n) is 4.94. The Balaban J connectivity index is 0.00000385. The number of nitrogens with zero attached hydrogens (tertiary/aromatic N) is 1. The Labute approximate surface area is 213 Å². The summed E-state index contributed by atoms with van der Waals surface area (Å²) < 4.78 is 11.5. The van der Waals surface area contributed by atoms with E-state index in [1.807, 2.05) is 69.3 Å². The summed E-state index contributed by atoms with van der Waals surface area (Å²) in [6, 6.07) is 15.8. The smallest absolute Gasteiger partial charge is 0.253 e. The molecule has 2 aromatic rings. The number of para-hydroxylation sites is 1. The number of carbonyl (C=O) groups excluding carboxylic acids is 1. The van der Waals surface area contributed by atoms with Crippen molar-refractivity contribution >= 4 is 41.5 Å². The Morgan fingerprint density at radius 2 is 1.88 bits per heavy atom. The SMILES string of the molecule is CN=C(NCc1cccc(NC(=O)C2CCCO2)c1)NCc1ccccc1OC(C)(C)C.I. The third kappa shape index (κ3) is 8.85. The molecule has 1 aliphatic rings. The predicted molar refractivity (Wildman–Crippen MR) is 143 cm³/mol. The molecule has 1 heterocycles. The number of aliphatic imine (C=N–C) groups is 1. The lowest BCUT2D eigenvalue weighted by Gasteiger charge is -2.23. The normalized spacial score (nSPS) is 16.0. The molecule has 2 aromatic carbocycles. The van der Waals surface area contributed by atoms with E-state index >= 15 is 0 Å². The molecule has 0 aliphatic carbocycles. The molecule has 1 amide bonds. The van der Waals surface area contributed by atoms with E-state index in [4.69, 9.17) is 9.47 Å². The van der Waals surface area contributed by atoms with Gasteiger partial charge >= 0.3 is 0 Å². The van der Waals surface area contributed by atoms with Crippen molar-refractivity contribution in [2.75, 3.05) is 19.0 Å². The number of anilines is 1. The molecule has 0 radical (unpaired) electrons. The summed E-state index contributed by atoms with van der Waals surface area (Å²) in [4.78, 5) is 16.6. The number of rotatable bonds is 7. The highest BCUT2D eigenvalue weighted by Gasteiger charge is 2.23. The van der Waals surface area contributed by atoms with Gasteiger partial charge in [-0.25, -0.2) is 0 Å². The maximum atomic E-state index is 12.3. The van der Waals surface area contributed by atoms with Gasteiger partial charge in [-0.1, -0.05) is 30.3 Å². The van der Waals surface area contributed by atoms with E-state index in [9.17, 15) is 4.79 Å². The van der Waals surface area contributed by atoms with E-state index in [-0.39, 0.29) is 41.6 Å². The van der Waals surface area contributed by atoms with E-state index in [2.05, 4.69) is 20.9 Å². The van der Waals surface area contributed by atoms with Crippen LogP contribution in [0.15, 0.2) is 53.5 Å². The Morgan fingerprint density at radius 3 is 2.58 bits per heavy atom. The number of carbonyl (C=O) groups is 1. The van der Waals surface area contributed by atoms with Crippen LogP contribution < -0.4 is 20.7 Å². The Kier molecular flexibility index (Phi) is 10.4. The van der Waals surface area contributed by atoms with Crippen molar-refractivity contribution in [1.82, 2.24) is 10.6 Å². The van der Waals surface area contributed by atoms with Crippen LogP contribution in [0, 0.1) is 0 Å². The van der Waals surface area contributed by atoms with Crippen molar-refractivity contribution in [3.8, 4) is 5.75 Å². The summed E-state index contributed by atoms with van der Waals surface area (Å²) in [5.41, 5.74) is 2.60. The maximum Gasteiger partial charge on any atom is 0.253 e. The minimum Gasteiger partial charge on any atom is -0.488 e. The summed E-state index contributed by atoms with van der Waals surface area (Å²) in [5, 5.41) is 9.60. The number of nitrogens with one attached hydrogen (secondary N) is 3. The number of guanidine groups is 1. The molecule has 7 nitrogen and oxygen atoms in total. The molecule has 1 saturated heterocycles. The number of benzene rings is 2. The monoisotopic (exact) mass is 566 g/mol. The zero-order valence-electron chi connectivity index (χ0n) is 19.8. The van der Waals surface area contributed by atoms with E-state index in [0.717, 1.165) is 35.4 Å². The van der Waals surface area contributed by atoms with E-state index < -0.39 is 0 Å². The van der Waals surface area contributed by atoms with Gasteiger partial charge in [0, 0.05) is 38.0 Å². The van der Waals surface area contributed by atoms with Crippen LogP contribution in [0.25, 0.3) is 0 Å². The number of hydrogen-bond donors (Lipinski definition) is 3. The quantitative estimate of drug-likeness (QED) is 0.262. The molecular formula is C25H35IN4O3. The van der Waals surface area contributed by atoms with Gasteiger partial charge in [0.15, 0.2) is 5.96 Å². The van der Waals surface area contributed by atoms with E-state index in [1.165, 1.54) is 0 Å². The van der Waals surface area contributed by atoms with Crippen molar-refractivity contribution < 1.29 is 14.3 Å². The first kappa shape index (κ1) is 26.9. The van der Waals surface area contributed by atoms with Crippen LogP contribution >= 0.6 is 24.0 Å². The summed E-state index contributed by atoms with van der Waals surface area (Å²) in [7, 11) is 1.74. The van der Waals surface area contributed by atoms with Crippen molar-refractivity contribution in [1.29, 1.82) is 0 Å². The maximum absolute atomic E-state index is 12.3. The van der Waals surface area contributed by atoms with Gasteiger partial charge in [-0.3, -0.25) is 9.79 Å². The fourth-order valence-corrected chi connectivity index (χ4v) is 3.43. The van der Waals surface area contributed by atoms with Crippen molar-refractivity contribution in [2.24, 2.45) is 4.99 Å². The molecule has 0 aromatic heterocycles. The highest BCUT2D eigenvalue weighted by atomic mass is 127. The average molecular weight is 566 g/mol. The topological polar surface area (TPSA) is 84.0 Å². The molecule has 33 heavy (non-hydrogen) atoms. The third-order valence-corrected chi connectivity index (χ3v) is 4.94. The second-order valence-electron chi connectivity index (χ2n) is 8.79. The van der Waals surface area contributed by atoms with Crippen LogP contribution in [0.5, 0.6) is 5.75 Å². The average Bonchev–Trinajstić information content (AvgIpc) is 3.29. The minimum absolute atomic E-state index is 0. The molecule has 3 rings (SSSR count). The Bertz CT molecular complexity index is 937. The molecule has 180 valence electrons. The molecule has 1 fully saturated rings. The van der Waals surface area contributed by atoms with E-state index in [1.54, 1.807) is 7.05 Å². The standard InChI is InChI=1S/C25H34N4O3.HI/c1-25(2,3)32-21-12-6-5-10-19(21)17-28-24(26-4)27-16-18-9-7-11-20(15-18)29-23(30)22-13-8-14-31-22;/h5-7,9-12,15,22H,8,13-14,16-17H2,1-4H3,(H,29,30)(H2,26,27,28);1H. The van der Waals surface area contributed by atoms with Gasteiger partial charge < -0.3 is 25.4 Å². The van der Waals surface area contributed by atoms with Crippen molar-refractivity contribution in [3.05, 3.63) is 59.7 Å². The first-order chi connectivity index (χ1) is 15.3. The summed E-state index contributed by atoms with van der Waals surface area (Å²) in [6.45, 7) is 7.92. The van der Waals surface area contributed by atoms with Gasteiger partial charge in [0.2, 0.25) is 0 Å². The summed E-state index contributed by atoms with van der Waals surface area (Å²) in [5.74, 6) is 1.46. The number of hydrogen-bond acceptors (Lipinski definition) is 4. The second-order valence-corrected chi connectivity index (χ2v) is 8.79. The van der Waals surface area contributed by atoms with Crippen LogP contribution in [-0.2, 0) is 22.6 Å². The molecule has 8 heteroatoms. The zero-order valence-corrected chi connectivity index (χ0v) is 22.1. The lowest BCUT2D eigenvalue weighted by molar-refractivity contribution is -0.124. The molecule has 1 atom stereocenters. The van der Waals surface area contributed by atoms with Crippen LogP contribution in [-0.4, -0.2) is 37.2 Å². The van der Waals surface area contributed by atoms with Gasteiger partial charge in [0.05, 0.1) is 0 Å². The number of amides is 1. The van der Waals surface area contributed by atoms with Gasteiger partial charge in [-0.15, -0.1) is 24.0 Å².